The lowest BCUT2D eigenvalue weighted by Gasteiger charge is -2.50. The molecule has 1 heterocycles. The van der Waals surface area contributed by atoms with E-state index < -0.39 is 0 Å². The van der Waals surface area contributed by atoms with Gasteiger partial charge in [-0.1, -0.05) is 79.2 Å². The van der Waals surface area contributed by atoms with Crippen molar-refractivity contribution in [3.05, 3.63) is 130 Å². The van der Waals surface area contributed by atoms with Crippen LogP contribution in [0, 0.1) is 0 Å². The highest BCUT2D eigenvalue weighted by Crippen LogP contribution is 2.44. The zero-order valence-electron chi connectivity index (χ0n) is 31.4. The number of ether oxygens (including phenoxy) is 2. The molecular weight excluding hydrogens is 645 g/mol. The second kappa shape index (κ2) is 17.4. The van der Waals surface area contributed by atoms with Crippen molar-refractivity contribution in [1.29, 1.82) is 0 Å². The van der Waals surface area contributed by atoms with Crippen molar-refractivity contribution < 1.29 is 19.1 Å². The fraction of sp³-hybridized carbons (Fsp3) is 0.435. The SMILES string of the molecule is COc1ccc(CCC(=O)NCCCC(CCCN2CCCCC23CCc2cc(OC)c(C(C)=O)cc2C3)(c2ccccc2)c2ccccc2)cc1. The number of ketones is 1. The fourth-order valence-corrected chi connectivity index (χ4v) is 9.01. The highest BCUT2D eigenvalue weighted by atomic mass is 16.5. The third-order valence-electron chi connectivity index (χ3n) is 11.9. The lowest BCUT2D eigenvalue weighted by molar-refractivity contribution is -0.121. The molecule has 0 radical (unpaired) electrons. The molecule has 1 amide bonds. The number of nitrogens with one attached hydrogen (secondary N) is 1. The Labute approximate surface area is 310 Å². The van der Waals surface area contributed by atoms with Gasteiger partial charge in [-0.25, -0.2) is 0 Å². The lowest BCUT2D eigenvalue weighted by Crippen LogP contribution is -2.55. The molecule has 4 aromatic carbocycles. The van der Waals surface area contributed by atoms with Gasteiger partial charge in [0.2, 0.25) is 5.91 Å². The maximum absolute atomic E-state index is 12.9. The van der Waals surface area contributed by atoms with Gasteiger partial charge in [-0.05, 0) is 136 Å². The van der Waals surface area contributed by atoms with Gasteiger partial charge in [-0.15, -0.1) is 0 Å². The van der Waals surface area contributed by atoms with Crippen LogP contribution < -0.4 is 14.8 Å². The normalized spacial score (nSPS) is 17.4. The number of benzene rings is 4. The van der Waals surface area contributed by atoms with Gasteiger partial charge in [0.15, 0.2) is 5.78 Å². The molecule has 1 atom stereocenters. The maximum Gasteiger partial charge on any atom is 0.220 e. The Morgan fingerprint density at radius 3 is 2.15 bits per heavy atom. The Bertz CT molecular complexity index is 1730. The molecule has 1 aliphatic carbocycles. The Hall–Kier alpha value is -4.42. The predicted molar refractivity (Wildman–Crippen MR) is 210 cm³/mol. The van der Waals surface area contributed by atoms with Gasteiger partial charge < -0.3 is 14.8 Å². The van der Waals surface area contributed by atoms with E-state index in [-0.39, 0.29) is 22.6 Å². The summed E-state index contributed by atoms with van der Waals surface area (Å²) in [5.74, 6) is 1.69. The third-order valence-corrected chi connectivity index (χ3v) is 11.9. The molecular formula is C46H56N2O4. The lowest BCUT2D eigenvalue weighted by atomic mass is 9.68. The molecule has 52 heavy (non-hydrogen) atoms. The topological polar surface area (TPSA) is 67.9 Å². The first-order chi connectivity index (χ1) is 25.4. The highest BCUT2D eigenvalue weighted by molar-refractivity contribution is 5.97. The maximum atomic E-state index is 12.9. The fourth-order valence-electron chi connectivity index (χ4n) is 9.01. The number of carbonyl (C=O) groups excluding carboxylic acids is 2. The number of hydrogen-bond acceptors (Lipinski definition) is 5. The molecule has 0 bridgehead atoms. The minimum Gasteiger partial charge on any atom is -0.497 e. The molecule has 1 unspecified atom stereocenters. The average molecular weight is 701 g/mol. The molecule has 1 N–H and O–H groups in total. The molecule has 2 aliphatic rings. The number of nitrogens with zero attached hydrogens (tertiary/aromatic N) is 1. The standard InChI is InChI=1S/C46H56N2O4/c1-35(49)42-32-38-34-45(28-24-37(38)33-43(42)52-3)25-10-11-30-48(45)31-13-27-46(39-14-6-4-7-15-39,40-16-8-5-9-17-40)26-12-29-47-44(50)23-20-36-18-21-41(51-2)22-19-36/h4-9,14-19,21-22,32-33H,10-13,20,23-31,34H2,1-3H3,(H,47,50). The van der Waals surface area contributed by atoms with Gasteiger partial charge in [0.1, 0.15) is 11.5 Å². The first-order valence-corrected chi connectivity index (χ1v) is 19.3. The van der Waals surface area contributed by atoms with E-state index in [1.807, 2.05) is 24.3 Å². The van der Waals surface area contributed by atoms with E-state index in [1.165, 1.54) is 41.5 Å². The molecule has 0 saturated carbocycles. The summed E-state index contributed by atoms with van der Waals surface area (Å²) in [6.07, 6.45) is 12.0. The van der Waals surface area contributed by atoms with Crippen LogP contribution in [0.1, 0.15) is 103 Å². The minimum atomic E-state index is -0.161. The van der Waals surface area contributed by atoms with E-state index in [2.05, 4.69) is 83.0 Å². The summed E-state index contributed by atoms with van der Waals surface area (Å²) in [4.78, 5) is 28.2. The minimum absolute atomic E-state index is 0.0612. The van der Waals surface area contributed by atoms with Crippen molar-refractivity contribution in [2.75, 3.05) is 33.9 Å². The summed E-state index contributed by atoms with van der Waals surface area (Å²) < 4.78 is 10.9. The quantitative estimate of drug-likeness (QED) is 0.0934. The largest absolute Gasteiger partial charge is 0.497 e. The Balaban J connectivity index is 1.15. The number of methoxy groups -OCH3 is 2. The first-order valence-electron chi connectivity index (χ1n) is 19.3. The summed E-state index contributed by atoms with van der Waals surface area (Å²) in [6.45, 7) is 4.47. The van der Waals surface area contributed by atoms with Crippen molar-refractivity contribution in [2.24, 2.45) is 0 Å². The van der Waals surface area contributed by atoms with E-state index in [9.17, 15) is 9.59 Å². The molecule has 0 aromatic heterocycles. The van der Waals surface area contributed by atoms with Crippen LogP contribution in [-0.4, -0.2) is 56.0 Å². The molecule has 1 saturated heterocycles. The van der Waals surface area contributed by atoms with E-state index in [0.717, 1.165) is 69.3 Å². The van der Waals surface area contributed by atoms with Gasteiger partial charge in [-0.2, -0.15) is 0 Å². The summed E-state index contributed by atoms with van der Waals surface area (Å²) in [7, 11) is 3.33. The number of carbonyl (C=O) groups is 2. The van der Waals surface area contributed by atoms with Crippen LogP contribution in [0.25, 0.3) is 0 Å². The molecule has 1 spiro atoms. The van der Waals surface area contributed by atoms with Gasteiger partial charge in [0, 0.05) is 23.9 Å². The van der Waals surface area contributed by atoms with Crippen molar-refractivity contribution in [3.8, 4) is 11.5 Å². The van der Waals surface area contributed by atoms with Crippen LogP contribution in [0.3, 0.4) is 0 Å². The van der Waals surface area contributed by atoms with Crippen LogP contribution in [0.15, 0.2) is 97.1 Å². The van der Waals surface area contributed by atoms with Crippen molar-refractivity contribution >= 4 is 11.7 Å². The third kappa shape index (κ3) is 8.61. The van der Waals surface area contributed by atoms with Gasteiger partial charge in [0.25, 0.3) is 0 Å². The molecule has 1 aliphatic heterocycles. The van der Waals surface area contributed by atoms with E-state index in [0.29, 0.717) is 30.7 Å². The van der Waals surface area contributed by atoms with Crippen LogP contribution in [0.5, 0.6) is 11.5 Å². The molecule has 6 heteroatoms. The molecule has 4 aromatic rings. The molecule has 6 nitrogen and oxygen atoms in total. The smallest absolute Gasteiger partial charge is 0.220 e. The molecule has 274 valence electrons. The second-order valence-corrected chi connectivity index (χ2v) is 14.9. The number of rotatable bonds is 16. The van der Waals surface area contributed by atoms with Crippen LogP contribution in [0.2, 0.25) is 0 Å². The van der Waals surface area contributed by atoms with Gasteiger partial charge in [-0.3, -0.25) is 14.5 Å². The number of hydrogen-bond donors (Lipinski definition) is 1. The zero-order valence-corrected chi connectivity index (χ0v) is 31.4. The predicted octanol–water partition coefficient (Wildman–Crippen LogP) is 8.92. The number of Topliss-reactive ketones (excluding diaryl/α,β-unsaturated/α-hetero) is 1. The van der Waals surface area contributed by atoms with Crippen LogP contribution >= 0.6 is 0 Å². The highest BCUT2D eigenvalue weighted by Gasteiger charge is 2.42. The van der Waals surface area contributed by atoms with Gasteiger partial charge >= 0.3 is 0 Å². The number of piperidine rings is 1. The number of fused-ring (bicyclic) bond motifs is 1. The summed E-state index contributed by atoms with van der Waals surface area (Å²) >= 11 is 0. The summed E-state index contributed by atoms with van der Waals surface area (Å²) in [5.41, 5.74) is 7.14. The van der Waals surface area contributed by atoms with E-state index >= 15 is 0 Å². The molecule has 6 rings (SSSR count). The second-order valence-electron chi connectivity index (χ2n) is 14.9. The van der Waals surface area contributed by atoms with Crippen molar-refractivity contribution in [2.45, 2.75) is 94.9 Å². The Morgan fingerprint density at radius 2 is 1.50 bits per heavy atom. The first kappa shape index (κ1) is 37.3. The zero-order chi connectivity index (χ0) is 36.4. The number of amides is 1. The van der Waals surface area contributed by atoms with Crippen molar-refractivity contribution in [3.63, 3.8) is 0 Å². The summed E-state index contributed by atoms with van der Waals surface area (Å²) in [5, 5.41) is 3.22. The van der Waals surface area contributed by atoms with E-state index in [1.54, 1.807) is 21.1 Å². The summed E-state index contributed by atoms with van der Waals surface area (Å²) in [6, 6.07) is 34.2. The van der Waals surface area contributed by atoms with Crippen molar-refractivity contribution in [1.82, 2.24) is 10.2 Å². The van der Waals surface area contributed by atoms with Crippen LogP contribution in [0.4, 0.5) is 0 Å². The number of aryl methyl sites for hydroxylation is 2. The Morgan fingerprint density at radius 1 is 0.808 bits per heavy atom. The number of likely N-dealkylation sites (tertiary alicyclic amines) is 1. The average Bonchev–Trinajstić information content (AvgIpc) is 3.19. The van der Waals surface area contributed by atoms with Crippen LogP contribution in [-0.2, 0) is 29.5 Å². The Kier molecular flexibility index (Phi) is 12.5. The van der Waals surface area contributed by atoms with E-state index in [4.69, 9.17) is 9.47 Å². The molecule has 1 fully saturated rings. The van der Waals surface area contributed by atoms with Gasteiger partial charge in [0.05, 0.1) is 19.8 Å². The monoisotopic (exact) mass is 700 g/mol.